The molecule has 0 spiro atoms. The van der Waals surface area contributed by atoms with Crippen LogP contribution in [0.3, 0.4) is 0 Å². The zero-order valence-electron chi connectivity index (χ0n) is 20.8. The van der Waals surface area contributed by atoms with Gasteiger partial charge in [-0.2, -0.15) is 0 Å². The second kappa shape index (κ2) is 10.5. The van der Waals surface area contributed by atoms with Crippen LogP contribution in [0.5, 0.6) is 11.5 Å². The molecule has 1 aliphatic carbocycles. The smallest absolute Gasteiger partial charge is 0.303 e. The van der Waals surface area contributed by atoms with Crippen molar-refractivity contribution < 1.29 is 19.4 Å². The molecule has 0 atom stereocenters. The van der Waals surface area contributed by atoms with Gasteiger partial charge in [0.05, 0.1) is 6.42 Å². The molecule has 0 radical (unpaired) electrons. The number of carboxylic acids is 1. The number of hydrogen-bond acceptors (Lipinski definition) is 4. The van der Waals surface area contributed by atoms with Crippen molar-refractivity contribution in [3.05, 3.63) is 65.5 Å². The molecule has 4 rings (SSSR count). The van der Waals surface area contributed by atoms with Crippen molar-refractivity contribution in [2.75, 3.05) is 6.54 Å². The lowest BCUT2D eigenvalue weighted by Gasteiger charge is -2.22. The summed E-state index contributed by atoms with van der Waals surface area (Å²) < 4.78 is 6.10. The molecule has 2 aromatic carbocycles. The zero-order chi connectivity index (χ0) is 25.0. The molecule has 1 fully saturated rings. The third-order valence-corrected chi connectivity index (χ3v) is 6.69. The zero-order valence-corrected chi connectivity index (χ0v) is 20.8. The van der Waals surface area contributed by atoms with Crippen LogP contribution in [-0.2, 0) is 11.2 Å². The molecule has 0 unspecified atom stereocenters. The molecule has 184 valence electrons. The highest BCUT2D eigenvalue weighted by atomic mass is 16.5. The monoisotopic (exact) mass is 474 g/mol. The number of nitrogens with zero attached hydrogens (tertiary/aromatic N) is 1. The number of benzene rings is 2. The summed E-state index contributed by atoms with van der Waals surface area (Å²) >= 11 is 0. The Kier molecular flexibility index (Phi) is 7.39. The van der Waals surface area contributed by atoms with Gasteiger partial charge in [-0.15, -0.1) is 0 Å². The lowest BCUT2D eigenvalue weighted by molar-refractivity contribution is -0.139. The van der Waals surface area contributed by atoms with Crippen molar-refractivity contribution in [1.29, 1.82) is 0 Å². The largest absolute Gasteiger partial charge is 0.481 e. The molecule has 1 saturated carbocycles. The summed E-state index contributed by atoms with van der Waals surface area (Å²) in [6, 6.07) is 15.7. The molecule has 1 heterocycles. The number of ether oxygens (including phenoxy) is 1. The van der Waals surface area contributed by atoms with Crippen LogP contribution in [-0.4, -0.2) is 28.5 Å². The first-order valence-electron chi connectivity index (χ1n) is 12.4. The summed E-state index contributed by atoms with van der Waals surface area (Å²) in [7, 11) is 0. The van der Waals surface area contributed by atoms with Crippen LogP contribution in [0, 0.1) is 18.3 Å². The van der Waals surface area contributed by atoms with Gasteiger partial charge in [0.1, 0.15) is 17.2 Å². The van der Waals surface area contributed by atoms with Gasteiger partial charge in [0.25, 0.3) is 5.91 Å². The van der Waals surface area contributed by atoms with Crippen LogP contribution in [0.15, 0.2) is 48.5 Å². The number of aliphatic carboxylic acids is 1. The van der Waals surface area contributed by atoms with E-state index in [9.17, 15) is 9.59 Å². The number of carbonyl (C=O) groups is 2. The molecule has 0 saturated heterocycles. The molecule has 35 heavy (non-hydrogen) atoms. The lowest BCUT2D eigenvalue weighted by atomic mass is 9.89. The van der Waals surface area contributed by atoms with Crippen molar-refractivity contribution >= 4 is 22.6 Å². The van der Waals surface area contributed by atoms with Gasteiger partial charge >= 0.3 is 5.97 Å². The maximum absolute atomic E-state index is 13.0. The number of aromatic nitrogens is 1. The van der Waals surface area contributed by atoms with Crippen molar-refractivity contribution in [1.82, 2.24) is 10.3 Å². The Morgan fingerprint density at radius 1 is 1.06 bits per heavy atom. The fraction of sp³-hybridized carbons (Fsp3) is 0.414. The Labute approximate surface area is 206 Å². The van der Waals surface area contributed by atoms with Crippen LogP contribution >= 0.6 is 0 Å². The lowest BCUT2D eigenvalue weighted by Crippen LogP contribution is -2.35. The number of pyridine rings is 1. The first-order valence-corrected chi connectivity index (χ1v) is 12.4. The first-order chi connectivity index (χ1) is 16.7. The molecule has 3 aromatic rings. The average Bonchev–Trinajstić information content (AvgIpc) is 3.31. The van der Waals surface area contributed by atoms with E-state index in [0.29, 0.717) is 11.6 Å². The predicted octanol–water partition coefficient (Wildman–Crippen LogP) is 6.30. The SMILES string of the molecule is Cc1ccc(Oc2ccc3cc(C(=O)NCC(C)(C)CC(=O)O)nc(CC4CCCC4)c3c2)cc1. The van der Waals surface area contributed by atoms with Gasteiger partial charge in [-0.1, -0.05) is 63.3 Å². The minimum absolute atomic E-state index is 0.0187. The van der Waals surface area contributed by atoms with E-state index >= 15 is 0 Å². The number of carboxylic acid groups (broad SMARTS) is 1. The number of hydrogen-bond donors (Lipinski definition) is 2. The maximum atomic E-state index is 13.0. The van der Waals surface area contributed by atoms with E-state index in [1.165, 1.54) is 31.2 Å². The van der Waals surface area contributed by atoms with E-state index in [1.807, 2.05) is 69.3 Å². The van der Waals surface area contributed by atoms with Gasteiger partial charge in [0.15, 0.2) is 0 Å². The van der Waals surface area contributed by atoms with E-state index in [4.69, 9.17) is 14.8 Å². The van der Waals surface area contributed by atoms with Crippen LogP contribution in [0.25, 0.3) is 10.8 Å². The molecule has 1 aromatic heterocycles. The predicted molar refractivity (Wildman–Crippen MR) is 137 cm³/mol. The van der Waals surface area contributed by atoms with Crippen molar-refractivity contribution in [2.45, 2.75) is 59.3 Å². The normalized spacial score (nSPS) is 14.3. The number of rotatable bonds is 9. The molecule has 2 N–H and O–H groups in total. The highest BCUT2D eigenvalue weighted by molar-refractivity contribution is 5.97. The molecule has 6 nitrogen and oxygen atoms in total. The number of carbonyl (C=O) groups excluding carboxylic acids is 1. The molecule has 0 aliphatic heterocycles. The Morgan fingerprint density at radius 3 is 2.43 bits per heavy atom. The highest BCUT2D eigenvalue weighted by Crippen LogP contribution is 2.33. The Balaban J connectivity index is 1.61. The fourth-order valence-electron chi connectivity index (χ4n) is 4.74. The molecule has 1 amide bonds. The van der Waals surface area contributed by atoms with E-state index in [0.717, 1.165) is 34.4 Å². The molecule has 1 aliphatic rings. The molecular formula is C29H34N2O4. The highest BCUT2D eigenvalue weighted by Gasteiger charge is 2.24. The maximum Gasteiger partial charge on any atom is 0.303 e. The summed E-state index contributed by atoms with van der Waals surface area (Å²) in [5.41, 5.74) is 1.91. The molecule has 6 heteroatoms. The molecule has 0 bridgehead atoms. The van der Waals surface area contributed by atoms with E-state index < -0.39 is 11.4 Å². The number of fused-ring (bicyclic) bond motifs is 1. The second-order valence-electron chi connectivity index (χ2n) is 10.5. The topological polar surface area (TPSA) is 88.5 Å². The third-order valence-electron chi connectivity index (χ3n) is 6.69. The molecular weight excluding hydrogens is 440 g/mol. The quantitative estimate of drug-likeness (QED) is 0.380. The van der Waals surface area contributed by atoms with Gasteiger partial charge in [0.2, 0.25) is 0 Å². The van der Waals surface area contributed by atoms with Gasteiger partial charge in [-0.05, 0) is 60.4 Å². The summed E-state index contributed by atoms with van der Waals surface area (Å²) in [6.07, 6.45) is 5.66. The number of aryl methyl sites for hydroxylation is 1. The third kappa shape index (κ3) is 6.59. The summed E-state index contributed by atoms with van der Waals surface area (Å²) in [4.78, 5) is 28.9. The van der Waals surface area contributed by atoms with Gasteiger partial charge in [-0.3, -0.25) is 9.59 Å². The van der Waals surface area contributed by atoms with Crippen LogP contribution in [0.4, 0.5) is 0 Å². The van der Waals surface area contributed by atoms with Gasteiger partial charge in [0, 0.05) is 17.6 Å². The Morgan fingerprint density at radius 2 is 1.74 bits per heavy atom. The summed E-state index contributed by atoms with van der Waals surface area (Å²) in [5.74, 6) is 0.928. The summed E-state index contributed by atoms with van der Waals surface area (Å²) in [5, 5.41) is 14.0. The van der Waals surface area contributed by atoms with Gasteiger partial charge < -0.3 is 15.2 Å². The first kappa shape index (κ1) is 24.7. The van der Waals surface area contributed by atoms with Crippen LogP contribution in [0.2, 0.25) is 0 Å². The van der Waals surface area contributed by atoms with Crippen molar-refractivity contribution in [3.8, 4) is 11.5 Å². The second-order valence-corrected chi connectivity index (χ2v) is 10.5. The summed E-state index contributed by atoms with van der Waals surface area (Å²) in [6.45, 7) is 5.97. The van der Waals surface area contributed by atoms with E-state index in [1.54, 1.807) is 0 Å². The minimum Gasteiger partial charge on any atom is -0.481 e. The van der Waals surface area contributed by atoms with E-state index in [-0.39, 0.29) is 18.9 Å². The van der Waals surface area contributed by atoms with Crippen LogP contribution < -0.4 is 10.1 Å². The number of nitrogens with one attached hydrogen (secondary N) is 1. The van der Waals surface area contributed by atoms with Crippen molar-refractivity contribution in [2.24, 2.45) is 11.3 Å². The number of amides is 1. The Bertz CT molecular complexity index is 1210. The average molecular weight is 475 g/mol. The van der Waals surface area contributed by atoms with Crippen LogP contribution in [0.1, 0.15) is 67.7 Å². The standard InChI is InChI=1S/C29H34N2O4/c1-19-8-11-22(12-9-19)35-23-13-10-21-15-26(28(34)30-18-29(2,3)17-27(32)33)31-25(24(21)16-23)14-20-6-4-5-7-20/h8-13,15-16,20H,4-7,14,17-18H2,1-3H3,(H,30,34)(H,32,33). The minimum atomic E-state index is -0.879. The van der Waals surface area contributed by atoms with Gasteiger partial charge in [-0.25, -0.2) is 4.98 Å². The van der Waals surface area contributed by atoms with E-state index in [2.05, 4.69) is 5.32 Å². The van der Waals surface area contributed by atoms with Crippen molar-refractivity contribution in [3.63, 3.8) is 0 Å². The Hall–Kier alpha value is -3.41. The fourth-order valence-corrected chi connectivity index (χ4v) is 4.74.